The van der Waals surface area contributed by atoms with Gasteiger partial charge in [-0.2, -0.15) is 0 Å². The summed E-state index contributed by atoms with van der Waals surface area (Å²) in [5.74, 6) is -0.433. The normalized spacial score (nSPS) is 14.4. The number of quaternary nitrogens is 1. The molecule has 8 nitrogen and oxygen atoms in total. The van der Waals surface area contributed by atoms with Crippen molar-refractivity contribution in [1.82, 2.24) is 0 Å². The van der Waals surface area contributed by atoms with Gasteiger partial charge in [0.25, 0.3) is 11.6 Å². The van der Waals surface area contributed by atoms with Crippen LogP contribution in [0.2, 0.25) is 5.02 Å². The second-order valence-electron chi connectivity index (χ2n) is 6.85. The van der Waals surface area contributed by atoms with Crippen LogP contribution in [-0.2, 0) is 4.74 Å². The van der Waals surface area contributed by atoms with Gasteiger partial charge >= 0.3 is 0 Å². The quantitative estimate of drug-likeness (QED) is 0.346. The molecule has 1 fully saturated rings. The topological polar surface area (TPSA) is 97.9 Å². The second kappa shape index (κ2) is 10.2. The van der Waals surface area contributed by atoms with E-state index in [1.807, 2.05) is 0 Å². The number of nitro groups is 1. The van der Waals surface area contributed by atoms with E-state index in [2.05, 4.69) is 10.6 Å². The third kappa shape index (κ3) is 6.15. The lowest BCUT2D eigenvalue weighted by atomic mass is 10.1. The number of anilines is 2. The largest absolute Gasteiger partial charge is 0.379 e. The van der Waals surface area contributed by atoms with Crippen LogP contribution in [0.25, 0.3) is 0 Å². The van der Waals surface area contributed by atoms with Crippen LogP contribution in [0.4, 0.5) is 17.1 Å². The zero-order chi connectivity index (χ0) is 20.6. The van der Waals surface area contributed by atoms with E-state index in [9.17, 15) is 14.9 Å². The van der Waals surface area contributed by atoms with E-state index in [0.717, 1.165) is 39.3 Å². The van der Waals surface area contributed by atoms with Crippen LogP contribution < -0.4 is 15.5 Å². The van der Waals surface area contributed by atoms with Gasteiger partial charge in [0.1, 0.15) is 18.8 Å². The molecule has 2 aromatic rings. The molecular weight excluding hydrogens is 396 g/mol. The molecule has 3 N–H and O–H groups in total. The molecule has 1 aliphatic rings. The molecular formula is C20H24ClN4O4+. The van der Waals surface area contributed by atoms with Crippen molar-refractivity contribution in [1.29, 1.82) is 0 Å². The Bertz CT molecular complexity index is 871. The molecule has 0 atom stereocenters. The number of nitrogens with zero attached hydrogens (tertiary/aromatic N) is 1. The Morgan fingerprint density at radius 2 is 2.00 bits per heavy atom. The number of carbonyl (C=O) groups excluding carboxylic acids is 1. The summed E-state index contributed by atoms with van der Waals surface area (Å²) >= 11 is 5.92. The van der Waals surface area contributed by atoms with E-state index in [1.165, 1.54) is 11.0 Å². The van der Waals surface area contributed by atoms with E-state index >= 15 is 0 Å². The molecule has 0 aromatic heterocycles. The van der Waals surface area contributed by atoms with Crippen LogP contribution in [0.1, 0.15) is 16.8 Å². The summed E-state index contributed by atoms with van der Waals surface area (Å²) in [6, 6.07) is 11.2. The predicted octanol–water partition coefficient (Wildman–Crippen LogP) is 2.22. The first-order valence-electron chi connectivity index (χ1n) is 9.53. The molecule has 0 bridgehead atoms. The first kappa shape index (κ1) is 21.0. The second-order valence-corrected chi connectivity index (χ2v) is 7.28. The maximum Gasteiger partial charge on any atom is 0.293 e. The van der Waals surface area contributed by atoms with Crippen LogP contribution in [0.5, 0.6) is 0 Å². The summed E-state index contributed by atoms with van der Waals surface area (Å²) in [7, 11) is 0. The summed E-state index contributed by atoms with van der Waals surface area (Å²) in [6.07, 6.45) is 0.892. The number of hydrogen-bond donors (Lipinski definition) is 3. The highest BCUT2D eigenvalue weighted by Gasteiger charge is 2.18. The average molecular weight is 420 g/mol. The number of carbonyl (C=O) groups is 1. The van der Waals surface area contributed by atoms with E-state index in [1.54, 1.807) is 36.4 Å². The fourth-order valence-corrected chi connectivity index (χ4v) is 3.40. The van der Waals surface area contributed by atoms with Crippen molar-refractivity contribution in [2.24, 2.45) is 0 Å². The summed E-state index contributed by atoms with van der Waals surface area (Å²) in [5.41, 5.74) is 1.02. The maximum absolute atomic E-state index is 12.4. The lowest BCUT2D eigenvalue weighted by Gasteiger charge is -2.23. The third-order valence-corrected chi connectivity index (χ3v) is 5.00. The Balaban J connectivity index is 1.60. The van der Waals surface area contributed by atoms with Crippen molar-refractivity contribution in [2.45, 2.75) is 6.42 Å². The van der Waals surface area contributed by atoms with Crippen LogP contribution in [0.15, 0.2) is 42.5 Å². The maximum atomic E-state index is 12.4. The standard InChI is InChI=1S/C20H23ClN4O4/c21-16-3-1-4-17(14-16)23-20(26)15-5-6-18(19(13-15)25(27)28)22-7-2-8-24-9-11-29-12-10-24/h1,3-6,13-14,22H,2,7-12H2,(H,23,26)/p+1. The van der Waals surface area contributed by atoms with Crippen LogP contribution in [-0.4, -0.2) is 50.2 Å². The van der Waals surface area contributed by atoms with Crippen LogP contribution in [0.3, 0.4) is 0 Å². The Labute approximate surface area is 173 Å². The molecule has 1 amide bonds. The highest BCUT2D eigenvalue weighted by molar-refractivity contribution is 6.31. The summed E-state index contributed by atoms with van der Waals surface area (Å²) in [5, 5.41) is 17.8. The SMILES string of the molecule is O=C(Nc1cccc(Cl)c1)c1ccc(NCCC[NH+]2CCOCC2)c([N+](=O)[O-])c1. The van der Waals surface area contributed by atoms with Crippen molar-refractivity contribution < 1.29 is 19.4 Å². The summed E-state index contributed by atoms with van der Waals surface area (Å²) < 4.78 is 5.34. The molecule has 29 heavy (non-hydrogen) atoms. The fraction of sp³-hybridized carbons (Fsp3) is 0.350. The minimum atomic E-state index is -0.480. The van der Waals surface area contributed by atoms with E-state index in [0.29, 0.717) is 22.9 Å². The zero-order valence-electron chi connectivity index (χ0n) is 15.9. The number of halogens is 1. The van der Waals surface area contributed by atoms with Gasteiger partial charge in [-0.1, -0.05) is 17.7 Å². The minimum absolute atomic E-state index is 0.123. The number of benzene rings is 2. The molecule has 2 aromatic carbocycles. The van der Waals surface area contributed by atoms with Crippen LogP contribution in [0, 0.1) is 10.1 Å². The summed E-state index contributed by atoms with van der Waals surface area (Å²) in [4.78, 5) is 24.9. The fourth-order valence-electron chi connectivity index (χ4n) is 3.21. The molecule has 0 radical (unpaired) electrons. The number of rotatable bonds is 8. The molecule has 1 heterocycles. The zero-order valence-corrected chi connectivity index (χ0v) is 16.7. The van der Waals surface area contributed by atoms with Gasteiger partial charge in [-0.15, -0.1) is 0 Å². The van der Waals surface area contributed by atoms with Gasteiger partial charge in [0.2, 0.25) is 0 Å². The van der Waals surface area contributed by atoms with Gasteiger partial charge in [0.05, 0.1) is 24.7 Å². The minimum Gasteiger partial charge on any atom is -0.379 e. The van der Waals surface area contributed by atoms with Gasteiger partial charge < -0.3 is 20.3 Å². The highest BCUT2D eigenvalue weighted by Crippen LogP contribution is 2.26. The Morgan fingerprint density at radius 3 is 2.72 bits per heavy atom. The first-order valence-corrected chi connectivity index (χ1v) is 9.91. The van der Waals surface area contributed by atoms with Crippen molar-refractivity contribution in [2.75, 3.05) is 50.0 Å². The summed E-state index contributed by atoms with van der Waals surface area (Å²) in [6.45, 7) is 5.18. The third-order valence-electron chi connectivity index (χ3n) is 4.76. The monoisotopic (exact) mass is 419 g/mol. The van der Waals surface area contributed by atoms with Gasteiger partial charge in [-0.05, 0) is 30.3 Å². The van der Waals surface area contributed by atoms with E-state index < -0.39 is 10.8 Å². The van der Waals surface area contributed by atoms with Gasteiger partial charge in [-0.3, -0.25) is 14.9 Å². The number of ether oxygens (including phenoxy) is 1. The van der Waals surface area contributed by atoms with E-state index in [4.69, 9.17) is 16.3 Å². The van der Waals surface area contributed by atoms with Crippen molar-refractivity contribution in [3.05, 3.63) is 63.2 Å². The molecule has 1 aliphatic heterocycles. The lowest BCUT2D eigenvalue weighted by molar-refractivity contribution is -0.908. The number of nitro benzene ring substituents is 1. The molecule has 0 unspecified atom stereocenters. The molecule has 154 valence electrons. The molecule has 0 saturated carbocycles. The Kier molecular flexibility index (Phi) is 7.40. The molecule has 0 aliphatic carbocycles. The van der Waals surface area contributed by atoms with Gasteiger partial charge in [0.15, 0.2) is 0 Å². The highest BCUT2D eigenvalue weighted by atomic mass is 35.5. The van der Waals surface area contributed by atoms with Gasteiger partial charge in [-0.25, -0.2) is 0 Å². The number of amides is 1. The number of morpholine rings is 1. The molecule has 1 saturated heterocycles. The van der Waals surface area contributed by atoms with Crippen molar-refractivity contribution >= 4 is 34.6 Å². The lowest BCUT2D eigenvalue weighted by Crippen LogP contribution is -3.14. The number of nitrogens with one attached hydrogen (secondary N) is 3. The first-order chi connectivity index (χ1) is 14.0. The molecule has 3 rings (SSSR count). The van der Waals surface area contributed by atoms with Crippen molar-refractivity contribution in [3.8, 4) is 0 Å². The smallest absolute Gasteiger partial charge is 0.293 e. The predicted molar refractivity (Wildman–Crippen MR) is 112 cm³/mol. The Hall–Kier alpha value is -2.68. The Morgan fingerprint density at radius 1 is 1.21 bits per heavy atom. The van der Waals surface area contributed by atoms with Gasteiger partial charge in [0, 0.05) is 35.3 Å². The molecule has 9 heteroatoms. The number of hydrogen-bond acceptors (Lipinski definition) is 5. The van der Waals surface area contributed by atoms with Crippen molar-refractivity contribution in [3.63, 3.8) is 0 Å². The van der Waals surface area contributed by atoms with Crippen LogP contribution >= 0.6 is 11.6 Å². The molecule has 0 spiro atoms. The van der Waals surface area contributed by atoms with E-state index in [-0.39, 0.29) is 11.3 Å². The average Bonchev–Trinajstić information content (AvgIpc) is 2.72.